The van der Waals surface area contributed by atoms with Crippen molar-refractivity contribution in [2.45, 2.75) is 42.9 Å². The van der Waals surface area contributed by atoms with E-state index >= 15 is 0 Å². The van der Waals surface area contributed by atoms with E-state index in [2.05, 4.69) is 9.88 Å². The van der Waals surface area contributed by atoms with Gasteiger partial charge >= 0.3 is 12.1 Å². The quantitative estimate of drug-likeness (QED) is 0.258. The number of carboxylic acids is 1. The molecular formula is C28H30ClF3N2O4S. The number of likely N-dealkylation sites (tertiary alicyclic amines) is 1. The average molecular weight is 583 g/mol. The van der Waals surface area contributed by atoms with Gasteiger partial charge in [-0.05, 0) is 81.2 Å². The highest BCUT2D eigenvalue weighted by molar-refractivity contribution is 7.99. The van der Waals surface area contributed by atoms with Gasteiger partial charge in [0.05, 0.1) is 34.7 Å². The Balaban J connectivity index is 1.33. The van der Waals surface area contributed by atoms with Crippen LogP contribution in [0.4, 0.5) is 13.2 Å². The summed E-state index contributed by atoms with van der Waals surface area (Å²) in [6, 6.07) is 10.4. The minimum Gasteiger partial charge on any atom is -0.497 e. The van der Waals surface area contributed by atoms with Crippen LogP contribution >= 0.6 is 23.4 Å². The van der Waals surface area contributed by atoms with Crippen LogP contribution in [0, 0.1) is 5.41 Å². The molecule has 6 nitrogen and oxygen atoms in total. The molecule has 0 bridgehead atoms. The third-order valence-electron chi connectivity index (χ3n) is 7.42. The molecule has 1 aliphatic rings. The first-order valence-corrected chi connectivity index (χ1v) is 13.9. The third kappa shape index (κ3) is 6.98. The van der Waals surface area contributed by atoms with Gasteiger partial charge < -0.3 is 19.8 Å². The van der Waals surface area contributed by atoms with E-state index < -0.39 is 29.2 Å². The second-order valence-corrected chi connectivity index (χ2v) is 11.3. The molecule has 210 valence electrons. The summed E-state index contributed by atoms with van der Waals surface area (Å²) < 4.78 is 43.5. The van der Waals surface area contributed by atoms with Crippen molar-refractivity contribution in [3.8, 4) is 5.75 Å². The lowest BCUT2D eigenvalue weighted by atomic mass is 9.74. The molecule has 1 aromatic heterocycles. The molecule has 1 aliphatic heterocycles. The Morgan fingerprint density at radius 3 is 2.51 bits per heavy atom. The number of benzene rings is 2. The molecule has 0 saturated carbocycles. The molecule has 1 unspecified atom stereocenters. The number of thioether (sulfide) groups is 1. The molecule has 1 saturated heterocycles. The Labute approximate surface area is 234 Å². The van der Waals surface area contributed by atoms with Crippen molar-refractivity contribution < 1.29 is 32.9 Å². The van der Waals surface area contributed by atoms with Crippen molar-refractivity contribution in [2.24, 2.45) is 5.41 Å². The highest BCUT2D eigenvalue weighted by Gasteiger charge is 2.41. The molecule has 2 N–H and O–H groups in total. The lowest BCUT2D eigenvalue weighted by Crippen LogP contribution is -2.45. The molecule has 1 fully saturated rings. The maximum Gasteiger partial charge on any atom is 0.416 e. The number of halogens is 4. The zero-order valence-corrected chi connectivity index (χ0v) is 23.0. The first kappa shape index (κ1) is 29.5. The SMILES string of the molecule is COc1ccc2ncc(Cl)c(C(O)CCC3(C(=O)O)CCN(CCSc4ccc(C(F)(F)F)cc4)CC3)c2c1. The van der Waals surface area contributed by atoms with Gasteiger partial charge in [-0.1, -0.05) is 11.6 Å². The molecular weight excluding hydrogens is 553 g/mol. The normalized spacial score (nSPS) is 16.8. The van der Waals surface area contributed by atoms with E-state index in [1.807, 2.05) is 0 Å². The number of alkyl halides is 3. The van der Waals surface area contributed by atoms with Crippen molar-refractivity contribution >= 4 is 40.2 Å². The number of aromatic nitrogens is 1. The fraction of sp³-hybridized carbons (Fsp3) is 0.429. The first-order valence-electron chi connectivity index (χ1n) is 12.6. The Kier molecular flexibility index (Phi) is 9.31. The standard InChI is InChI=1S/C28H30ClF3N2O4S/c1-38-19-4-7-23-21(16-19)25(22(29)17-33-23)24(35)8-9-27(26(36)37)10-12-34(13-11-27)14-15-39-20-5-2-18(3-6-20)28(30,31)32/h2-7,16-17,24,35H,8-15H2,1H3,(H,36,37). The minimum atomic E-state index is -4.35. The maximum absolute atomic E-state index is 12.7. The molecule has 2 aromatic carbocycles. The Morgan fingerprint density at radius 1 is 1.21 bits per heavy atom. The monoisotopic (exact) mass is 582 g/mol. The summed E-state index contributed by atoms with van der Waals surface area (Å²) in [5.41, 5.74) is -0.453. The summed E-state index contributed by atoms with van der Waals surface area (Å²) >= 11 is 7.88. The number of hydrogen-bond donors (Lipinski definition) is 2. The van der Waals surface area contributed by atoms with Gasteiger partial charge in [0.1, 0.15) is 5.75 Å². The van der Waals surface area contributed by atoms with E-state index in [9.17, 15) is 28.2 Å². The van der Waals surface area contributed by atoms with Crippen molar-refractivity contribution in [1.29, 1.82) is 0 Å². The fourth-order valence-corrected chi connectivity index (χ4v) is 6.19. The number of piperidine rings is 1. The van der Waals surface area contributed by atoms with E-state index in [0.29, 0.717) is 71.9 Å². The molecule has 0 aliphatic carbocycles. The van der Waals surface area contributed by atoms with Crippen LogP contribution in [0.15, 0.2) is 53.6 Å². The highest BCUT2D eigenvalue weighted by atomic mass is 35.5. The van der Waals surface area contributed by atoms with Crippen LogP contribution in [-0.2, 0) is 11.0 Å². The molecule has 2 heterocycles. The molecule has 0 spiro atoms. The van der Waals surface area contributed by atoms with Crippen LogP contribution in [-0.4, -0.2) is 58.6 Å². The number of carbonyl (C=O) groups is 1. The van der Waals surface area contributed by atoms with E-state index in [4.69, 9.17) is 16.3 Å². The molecule has 1 atom stereocenters. The summed E-state index contributed by atoms with van der Waals surface area (Å²) in [6.45, 7) is 1.88. The van der Waals surface area contributed by atoms with Crippen LogP contribution in [0.2, 0.25) is 5.02 Å². The van der Waals surface area contributed by atoms with Crippen molar-refractivity contribution in [3.63, 3.8) is 0 Å². The van der Waals surface area contributed by atoms with Gasteiger partial charge in [0.15, 0.2) is 0 Å². The topological polar surface area (TPSA) is 82.9 Å². The van der Waals surface area contributed by atoms with E-state index in [1.54, 1.807) is 25.3 Å². The van der Waals surface area contributed by atoms with Gasteiger partial charge in [0.25, 0.3) is 0 Å². The molecule has 39 heavy (non-hydrogen) atoms. The number of pyridine rings is 1. The van der Waals surface area contributed by atoms with Gasteiger partial charge in [-0.15, -0.1) is 11.8 Å². The van der Waals surface area contributed by atoms with Crippen molar-refractivity contribution in [1.82, 2.24) is 9.88 Å². The van der Waals surface area contributed by atoms with Crippen LogP contribution in [0.5, 0.6) is 5.75 Å². The number of hydrogen-bond acceptors (Lipinski definition) is 6. The maximum atomic E-state index is 12.7. The van der Waals surface area contributed by atoms with Crippen LogP contribution in [0.3, 0.4) is 0 Å². The molecule has 0 amide bonds. The van der Waals surface area contributed by atoms with Crippen molar-refractivity contribution in [3.05, 3.63) is 64.8 Å². The Morgan fingerprint density at radius 2 is 1.90 bits per heavy atom. The van der Waals surface area contributed by atoms with E-state index in [0.717, 1.165) is 17.0 Å². The zero-order valence-electron chi connectivity index (χ0n) is 21.4. The van der Waals surface area contributed by atoms with Crippen molar-refractivity contribution in [2.75, 3.05) is 32.5 Å². The molecule has 11 heteroatoms. The summed E-state index contributed by atoms with van der Waals surface area (Å²) in [5.74, 6) is 0.410. The predicted octanol–water partition coefficient (Wildman–Crippen LogP) is 6.69. The average Bonchev–Trinajstić information content (AvgIpc) is 2.91. The summed E-state index contributed by atoms with van der Waals surface area (Å²) in [6.07, 6.45) is -2.42. The number of aliphatic carboxylic acids is 1. The lowest BCUT2D eigenvalue weighted by Gasteiger charge is -2.39. The smallest absolute Gasteiger partial charge is 0.416 e. The number of rotatable bonds is 10. The number of fused-ring (bicyclic) bond motifs is 1. The number of carboxylic acid groups (broad SMARTS) is 1. The third-order valence-corrected chi connectivity index (χ3v) is 8.72. The highest BCUT2D eigenvalue weighted by Crippen LogP contribution is 2.41. The largest absolute Gasteiger partial charge is 0.497 e. The fourth-order valence-electron chi connectivity index (χ4n) is 5.00. The number of aliphatic hydroxyl groups excluding tert-OH is 1. The van der Waals surface area contributed by atoms with E-state index in [-0.39, 0.29) is 6.42 Å². The number of nitrogens with zero attached hydrogens (tertiary/aromatic N) is 2. The summed E-state index contributed by atoms with van der Waals surface area (Å²) in [5, 5.41) is 22.2. The number of methoxy groups -OCH3 is 1. The van der Waals surface area contributed by atoms with Crippen LogP contribution in [0.1, 0.15) is 42.9 Å². The second-order valence-electron chi connectivity index (χ2n) is 9.76. The van der Waals surface area contributed by atoms with Gasteiger partial charge in [0, 0.05) is 34.3 Å². The van der Waals surface area contributed by atoms with Gasteiger partial charge in [0.2, 0.25) is 0 Å². The minimum absolute atomic E-state index is 0.228. The Hall–Kier alpha value is -2.53. The molecule has 3 aromatic rings. The second kappa shape index (κ2) is 12.3. The lowest BCUT2D eigenvalue weighted by molar-refractivity contribution is -0.153. The van der Waals surface area contributed by atoms with Crippen LogP contribution in [0.25, 0.3) is 10.9 Å². The van der Waals surface area contributed by atoms with Gasteiger partial charge in [-0.3, -0.25) is 9.78 Å². The predicted molar refractivity (Wildman–Crippen MR) is 145 cm³/mol. The summed E-state index contributed by atoms with van der Waals surface area (Å²) in [4.78, 5) is 19.6. The Bertz CT molecular complexity index is 1300. The van der Waals surface area contributed by atoms with Gasteiger partial charge in [-0.2, -0.15) is 13.2 Å². The number of aliphatic hydroxyl groups is 1. The zero-order chi connectivity index (χ0) is 28.2. The molecule has 0 radical (unpaired) electrons. The van der Waals surface area contributed by atoms with E-state index in [1.165, 1.54) is 30.1 Å². The van der Waals surface area contributed by atoms with Gasteiger partial charge in [-0.25, -0.2) is 0 Å². The van der Waals surface area contributed by atoms with Crippen LogP contribution < -0.4 is 4.74 Å². The molecule has 4 rings (SSSR count). The summed E-state index contributed by atoms with van der Waals surface area (Å²) in [7, 11) is 1.55. The number of ether oxygens (including phenoxy) is 1. The first-order chi connectivity index (χ1) is 18.5.